The van der Waals surface area contributed by atoms with E-state index in [9.17, 15) is 9.59 Å². The molecule has 1 aromatic carbocycles. The lowest BCUT2D eigenvalue weighted by molar-refractivity contribution is 0.103. The summed E-state index contributed by atoms with van der Waals surface area (Å²) >= 11 is 0. The van der Waals surface area contributed by atoms with Crippen molar-refractivity contribution in [2.24, 2.45) is 0 Å². The number of ketones is 1. The minimum absolute atomic E-state index is 0.0248. The smallest absolute Gasteiger partial charge is 0.264 e. The molecule has 23 heavy (non-hydrogen) atoms. The van der Waals surface area contributed by atoms with E-state index in [1.807, 2.05) is 44.2 Å². The molecule has 0 aliphatic rings. The van der Waals surface area contributed by atoms with Crippen molar-refractivity contribution in [2.75, 3.05) is 0 Å². The van der Waals surface area contributed by atoms with Crippen molar-refractivity contribution in [1.82, 2.24) is 15.2 Å². The Morgan fingerprint density at radius 1 is 1.09 bits per heavy atom. The van der Waals surface area contributed by atoms with Crippen LogP contribution in [0, 0.1) is 13.8 Å². The molecule has 3 aromatic rings. The second-order valence-corrected chi connectivity index (χ2v) is 5.64. The second kappa shape index (κ2) is 6.04. The normalized spacial score (nSPS) is 10.7. The predicted molar refractivity (Wildman–Crippen MR) is 87.8 cm³/mol. The summed E-state index contributed by atoms with van der Waals surface area (Å²) in [7, 11) is 0. The van der Waals surface area contributed by atoms with Gasteiger partial charge in [-0.05, 0) is 31.5 Å². The molecule has 0 bridgehead atoms. The number of H-pyrrole nitrogens is 2. The maximum Gasteiger partial charge on any atom is 0.264 e. The molecular formula is C18H17N3O2. The van der Waals surface area contributed by atoms with Crippen LogP contribution in [0.3, 0.4) is 0 Å². The lowest BCUT2D eigenvalue weighted by atomic mass is 10.0. The fraction of sp³-hybridized carbons (Fsp3) is 0.167. The summed E-state index contributed by atoms with van der Waals surface area (Å²) in [6.45, 7) is 3.89. The maximum atomic E-state index is 12.6. The van der Waals surface area contributed by atoms with E-state index in [1.54, 1.807) is 6.07 Å². The molecule has 0 aliphatic carbocycles. The highest BCUT2D eigenvalue weighted by Crippen LogP contribution is 2.17. The number of carbonyl (C=O) groups excluding carboxylic acids is 1. The van der Waals surface area contributed by atoms with E-state index in [0.29, 0.717) is 17.7 Å². The molecule has 116 valence electrons. The van der Waals surface area contributed by atoms with Crippen LogP contribution in [-0.4, -0.2) is 21.0 Å². The Bertz CT molecular complexity index is 884. The van der Waals surface area contributed by atoms with Gasteiger partial charge in [-0.3, -0.25) is 9.59 Å². The highest BCUT2D eigenvalue weighted by Gasteiger charge is 2.15. The van der Waals surface area contributed by atoms with Gasteiger partial charge in [0, 0.05) is 23.7 Å². The first-order valence-corrected chi connectivity index (χ1v) is 7.37. The molecule has 0 unspecified atom stereocenters. The van der Waals surface area contributed by atoms with E-state index in [0.717, 1.165) is 22.5 Å². The van der Waals surface area contributed by atoms with Crippen molar-refractivity contribution >= 4 is 5.78 Å². The first-order valence-electron chi connectivity index (χ1n) is 7.37. The largest absolute Gasteiger partial charge is 0.355 e. The van der Waals surface area contributed by atoms with Crippen molar-refractivity contribution in [1.29, 1.82) is 0 Å². The highest BCUT2D eigenvalue weighted by atomic mass is 16.1. The summed E-state index contributed by atoms with van der Waals surface area (Å²) in [6, 6.07) is 12.6. The number of benzene rings is 1. The molecule has 3 rings (SSSR count). The molecule has 0 atom stereocenters. The monoisotopic (exact) mass is 307 g/mol. The zero-order valence-corrected chi connectivity index (χ0v) is 13.0. The summed E-state index contributed by atoms with van der Waals surface area (Å²) in [6.07, 6.45) is 0.527. The second-order valence-electron chi connectivity index (χ2n) is 5.64. The van der Waals surface area contributed by atoms with Gasteiger partial charge in [-0.1, -0.05) is 29.8 Å². The molecule has 2 N–H and O–H groups in total. The number of hydrogen-bond donors (Lipinski definition) is 2. The van der Waals surface area contributed by atoms with E-state index in [4.69, 9.17) is 0 Å². The van der Waals surface area contributed by atoms with Crippen LogP contribution in [0.4, 0.5) is 0 Å². The maximum absolute atomic E-state index is 12.6. The van der Waals surface area contributed by atoms with Crippen molar-refractivity contribution in [2.45, 2.75) is 20.3 Å². The van der Waals surface area contributed by atoms with Gasteiger partial charge < -0.3 is 4.98 Å². The molecule has 0 amide bonds. The molecule has 0 saturated carbocycles. The van der Waals surface area contributed by atoms with Crippen LogP contribution < -0.4 is 5.56 Å². The van der Waals surface area contributed by atoms with Gasteiger partial charge in [0.25, 0.3) is 5.56 Å². The van der Waals surface area contributed by atoms with Gasteiger partial charge in [0.15, 0.2) is 0 Å². The van der Waals surface area contributed by atoms with E-state index in [1.165, 1.54) is 6.07 Å². The van der Waals surface area contributed by atoms with Crippen LogP contribution >= 0.6 is 0 Å². The van der Waals surface area contributed by atoms with Gasteiger partial charge in [0.05, 0.1) is 11.4 Å². The molecule has 0 fully saturated rings. The molecule has 0 radical (unpaired) electrons. The summed E-state index contributed by atoms with van der Waals surface area (Å²) in [5, 5.41) is 6.39. The summed E-state index contributed by atoms with van der Waals surface area (Å²) in [5.41, 5.74) is 4.66. The Balaban J connectivity index is 1.85. The third-order valence-electron chi connectivity index (χ3n) is 3.72. The van der Waals surface area contributed by atoms with Crippen molar-refractivity contribution in [3.05, 3.63) is 86.6 Å². The Labute approximate surface area is 133 Å². The number of carbonyl (C=O) groups is 1. The zero-order valence-electron chi connectivity index (χ0n) is 13.0. The van der Waals surface area contributed by atoms with Crippen LogP contribution in [0.25, 0.3) is 0 Å². The first-order chi connectivity index (χ1) is 11.0. The summed E-state index contributed by atoms with van der Waals surface area (Å²) in [5.74, 6) is -0.0248. The topological polar surface area (TPSA) is 78.6 Å². The van der Waals surface area contributed by atoms with Gasteiger partial charge in [0.2, 0.25) is 5.78 Å². The van der Waals surface area contributed by atoms with Gasteiger partial charge in [-0.15, -0.1) is 0 Å². The van der Waals surface area contributed by atoms with E-state index in [-0.39, 0.29) is 11.3 Å². The third kappa shape index (κ3) is 3.29. The Hall–Kier alpha value is -2.95. The Morgan fingerprint density at radius 2 is 1.83 bits per heavy atom. The van der Waals surface area contributed by atoms with E-state index >= 15 is 0 Å². The number of aromatic nitrogens is 3. The minimum atomic E-state index is -0.230. The van der Waals surface area contributed by atoms with Gasteiger partial charge in [-0.25, -0.2) is 5.10 Å². The molecule has 0 aliphatic heterocycles. The van der Waals surface area contributed by atoms with Crippen LogP contribution in [0.15, 0.2) is 47.3 Å². The predicted octanol–water partition coefficient (Wildman–Crippen LogP) is 2.54. The number of rotatable bonds is 4. The average Bonchev–Trinajstić information content (AvgIpc) is 2.90. The molecule has 0 spiro atoms. The zero-order chi connectivity index (χ0) is 16.4. The molecular weight excluding hydrogens is 290 g/mol. The SMILES string of the molecule is Cc1ccc(C(=O)c2[nH]c(Cc3ccc(=O)[nH]n3)cc2C)cc1. The van der Waals surface area contributed by atoms with E-state index in [2.05, 4.69) is 15.2 Å². The number of aromatic amines is 2. The van der Waals surface area contributed by atoms with Crippen LogP contribution in [0.5, 0.6) is 0 Å². The van der Waals surface area contributed by atoms with E-state index < -0.39 is 0 Å². The van der Waals surface area contributed by atoms with Crippen LogP contribution in [-0.2, 0) is 6.42 Å². The van der Waals surface area contributed by atoms with Gasteiger partial charge >= 0.3 is 0 Å². The van der Waals surface area contributed by atoms with Crippen molar-refractivity contribution in [3.63, 3.8) is 0 Å². The first kappa shape index (κ1) is 15.0. The molecule has 2 heterocycles. The standard InChI is InChI=1S/C18H17N3O2/c1-11-3-5-13(6-4-11)18(23)17-12(2)9-15(19-17)10-14-7-8-16(22)21-20-14/h3-9,19H,10H2,1-2H3,(H,21,22). The minimum Gasteiger partial charge on any atom is -0.355 e. The van der Waals surface area contributed by atoms with Crippen molar-refractivity contribution in [3.8, 4) is 0 Å². The molecule has 2 aromatic heterocycles. The van der Waals surface area contributed by atoms with Crippen LogP contribution in [0.1, 0.15) is 38.6 Å². The number of nitrogens with zero attached hydrogens (tertiary/aromatic N) is 1. The van der Waals surface area contributed by atoms with Gasteiger partial charge in [-0.2, -0.15) is 5.10 Å². The lowest BCUT2D eigenvalue weighted by Gasteiger charge is -2.01. The molecule has 5 nitrogen and oxygen atoms in total. The summed E-state index contributed by atoms with van der Waals surface area (Å²) < 4.78 is 0. The number of hydrogen-bond acceptors (Lipinski definition) is 3. The lowest BCUT2D eigenvalue weighted by Crippen LogP contribution is -2.08. The fourth-order valence-electron chi connectivity index (χ4n) is 2.48. The van der Waals surface area contributed by atoms with Gasteiger partial charge in [0.1, 0.15) is 0 Å². The quantitative estimate of drug-likeness (QED) is 0.727. The number of nitrogens with one attached hydrogen (secondary N) is 2. The Morgan fingerprint density at radius 3 is 2.48 bits per heavy atom. The molecule has 0 saturated heterocycles. The number of aryl methyl sites for hydroxylation is 2. The Kier molecular flexibility index (Phi) is 3.93. The van der Waals surface area contributed by atoms with Crippen molar-refractivity contribution < 1.29 is 4.79 Å². The average molecular weight is 307 g/mol. The third-order valence-corrected chi connectivity index (χ3v) is 3.72. The summed E-state index contributed by atoms with van der Waals surface area (Å²) in [4.78, 5) is 26.8. The molecule has 5 heteroatoms. The highest BCUT2D eigenvalue weighted by molar-refractivity contribution is 6.08. The van der Waals surface area contributed by atoms with Crippen LogP contribution in [0.2, 0.25) is 0 Å². The fourth-order valence-corrected chi connectivity index (χ4v) is 2.48.